The first-order valence-corrected chi connectivity index (χ1v) is 8.46. The van der Waals surface area contributed by atoms with Crippen LogP contribution in [0.4, 0.5) is 0 Å². The summed E-state index contributed by atoms with van der Waals surface area (Å²) in [4.78, 5) is 22.9. The molecule has 0 saturated carbocycles. The zero-order valence-electron chi connectivity index (χ0n) is 13.0. The van der Waals surface area contributed by atoms with Gasteiger partial charge in [0.25, 0.3) is 0 Å². The topological polar surface area (TPSA) is 52.6 Å². The molecule has 0 saturated heterocycles. The van der Waals surface area contributed by atoms with E-state index in [-0.39, 0.29) is 24.8 Å². The maximum atomic E-state index is 11.5. The molecule has 0 aliphatic rings. The van der Waals surface area contributed by atoms with E-state index < -0.39 is 0 Å². The quantitative estimate of drug-likeness (QED) is 0.460. The highest BCUT2D eigenvalue weighted by atomic mass is 79.9. The van der Waals surface area contributed by atoms with E-state index in [0.717, 1.165) is 29.3 Å². The number of unbranched alkanes of at least 4 members (excludes halogenated alkanes) is 2. The molecule has 0 aliphatic heterocycles. The van der Waals surface area contributed by atoms with Crippen LogP contribution in [0.2, 0.25) is 0 Å². The van der Waals surface area contributed by atoms with Crippen molar-refractivity contribution in [3.63, 3.8) is 0 Å². The van der Waals surface area contributed by atoms with Crippen molar-refractivity contribution in [3.05, 3.63) is 34.3 Å². The number of hydrogen-bond acceptors (Lipinski definition) is 4. The summed E-state index contributed by atoms with van der Waals surface area (Å²) in [6.45, 7) is 2.85. The van der Waals surface area contributed by atoms with Gasteiger partial charge in [0, 0.05) is 10.9 Å². The molecule has 0 unspecified atom stereocenters. The van der Waals surface area contributed by atoms with Crippen LogP contribution in [0.15, 0.2) is 28.7 Å². The predicted octanol–water partition coefficient (Wildman–Crippen LogP) is 4.05. The molecule has 1 aromatic carbocycles. The lowest BCUT2D eigenvalue weighted by Gasteiger charge is -2.06. The van der Waals surface area contributed by atoms with Crippen LogP contribution in [0.5, 0.6) is 0 Å². The molecule has 1 aromatic rings. The molecule has 1 rings (SSSR count). The van der Waals surface area contributed by atoms with Gasteiger partial charge < -0.3 is 9.47 Å². The van der Waals surface area contributed by atoms with E-state index in [9.17, 15) is 9.59 Å². The predicted molar refractivity (Wildman–Crippen MR) is 88.5 cm³/mol. The van der Waals surface area contributed by atoms with Crippen LogP contribution in [0.1, 0.15) is 44.6 Å². The van der Waals surface area contributed by atoms with E-state index in [2.05, 4.69) is 22.9 Å². The second-order valence-electron chi connectivity index (χ2n) is 5.02. The van der Waals surface area contributed by atoms with E-state index >= 15 is 0 Å². The van der Waals surface area contributed by atoms with Gasteiger partial charge in [0.2, 0.25) is 0 Å². The van der Waals surface area contributed by atoms with Gasteiger partial charge in [0.15, 0.2) is 0 Å². The monoisotopic (exact) mass is 370 g/mol. The van der Waals surface area contributed by atoms with Crippen LogP contribution >= 0.6 is 15.9 Å². The van der Waals surface area contributed by atoms with E-state index in [1.807, 2.05) is 24.3 Å². The molecule has 0 amide bonds. The maximum absolute atomic E-state index is 11.5. The van der Waals surface area contributed by atoms with Gasteiger partial charge in [-0.15, -0.1) is 0 Å². The highest BCUT2D eigenvalue weighted by Gasteiger charge is 2.09. The summed E-state index contributed by atoms with van der Waals surface area (Å²) >= 11 is 3.37. The summed E-state index contributed by atoms with van der Waals surface area (Å²) in [6.07, 6.45) is 3.84. The molecule has 0 fully saturated rings. The Morgan fingerprint density at radius 3 is 2.14 bits per heavy atom. The minimum Gasteiger partial charge on any atom is -0.466 e. The van der Waals surface area contributed by atoms with Crippen LogP contribution < -0.4 is 0 Å². The minimum absolute atomic E-state index is 0.0763. The lowest BCUT2D eigenvalue weighted by atomic mass is 10.2. The van der Waals surface area contributed by atoms with Crippen molar-refractivity contribution >= 4 is 27.9 Å². The smallest absolute Gasteiger partial charge is 0.306 e. The first kappa shape index (κ1) is 18.7. The number of carbonyl (C=O) groups is 2. The third-order valence-electron chi connectivity index (χ3n) is 3.11. The molecule has 0 N–H and O–H groups in total. The van der Waals surface area contributed by atoms with E-state index in [1.165, 1.54) is 0 Å². The number of esters is 2. The van der Waals surface area contributed by atoms with Gasteiger partial charge in [-0.2, -0.15) is 0 Å². The van der Waals surface area contributed by atoms with Gasteiger partial charge in [-0.3, -0.25) is 9.59 Å². The van der Waals surface area contributed by atoms with Crippen LogP contribution in [0, 0.1) is 0 Å². The molecule has 0 spiro atoms. The Labute approximate surface area is 140 Å². The van der Waals surface area contributed by atoms with Crippen molar-refractivity contribution in [2.75, 3.05) is 13.2 Å². The van der Waals surface area contributed by atoms with Crippen LogP contribution in [0.3, 0.4) is 0 Å². The van der Waals surface area contributed by atoms with Gasteiger partial charge in [0.1, 0.15) is 0 Å². The molecule has 22 heavy (non-hydrogen) atoms. The fourth-order valence-corrected chi connectivity index (χ4v) is 2.08. The Morgan fingerprint density at radius 1 is 0.955 bits per heavy atom. The van der Waals surface area contributed by atoms with Gasteiger partial charge in [0.05, 0.1) is 26.1 Å². The standard InChI is InChI=1S/C17H23BrO4/c1-2-3-4-12-21-16(19)9-10-17(20)22-13-11-14-5-7-15(18)8-6-14/h5-8H,2-4,9-13H2,1H3. The summed E-state index contributed by atoms with van der Waals surface area (Å²) in [5, 5.41) is 0. The largest absolute Gasteiger partial charge is 0.466 e. The number of hydrogen-bond donors (Lipinski definition) is 0. The average molecular weight is 371 g/mol. The lowest BCUT2D eigenvalue weighted by Crippen LogP contribution is -2.12. The summed E-state index contributed by atoms with van der Waals surface area (Å²) < 4.78 is 11.2. The number of carbonyl (C=O) groups excluding carboxylic acids is 2. The van der Waals surface area contributed by atoms with Crippen LogP contribution in [0.25, 0.3) is 0 Å². The molecule has 0 aliphatic carbocycles. The van der Waals surface area contributed by atoms with E-state index in [0.29, 0.717) is 19.6 Å². The van der Waals surface area contributed by atoms with Gasteiger partial charge in [-0.25, -0.2) is 0 Å². The molecule has 0 bridgehead atoms. The molecule has 0 atom stereocenters. The molecule has 0 aromatic heterocycles. The normalized spacial score (nSPS) is 10.3. The maximum Gasteiger partial charge on any atom is 0.306 e. The SMILES string of the molecule is CCCCCOC(=O)CCC(=O)OCCc1ccc(Br)cc1. The molecule has 0 heterocycles. The third kappa shape index (κ3) is 8.82. The number of rotatable bonds is 10. The number of benzene rings is 1. The van der Waals surface area contributed by atoms with Crippen molar-refractivity contribution in [3.8, 4) is 0 Å². The fraction of sp³-hybridized carbons (Fsp3) is 0.529. The second kappa shape index (κ2) is 11.2. The van der Waals surface area contributed by atoms with Gasteiger partial charge in [-0.05, 0) is 24.1 Å². The molecule has 5 heteroatoms. The molecule has 0 radical (unpaired) electrons. The highest BCUT2D eigenvalue weighted by Crippen LogP contribution is 2.11. The van der Waals surface area contributed by atoms with Crippen molar-refractivity contribution in [2.45, 2.75) is 45.4 Å². The fourth-order valence-electron chi connectivity index (χ4n) is 1.82. The molecular weight excluding hydrogens is 348 g/mol. The highest BCUT2D eigenvalue weighted by molar-refractivity contribution is 9.10. The van der Waals surface area contributed by atoms with Gasteiger partial charge in [-0.1, -0.05) is 47.8 Å². The summed E-state index contributed by atoms with van der Waals surface area (Å²) in [7, 11) is 0. The lowest BCUT2D eigenvalue weighted by molar-refractivity contribution is -0.150. The minimum atomic E-state index is -0.359. The molecular formula is C17H23BrO4. The Bertz CT molecular complexity index is 456. The Hall–Kier alpha value is -1.36. The summed E-state index contributed by atoms with van der Waals surface area (Å²) in [5.41, 5.74) is 1.10. The number of halogens is 1. The van der Waals surface area contributed by atoms with E-state index in [1.54, 1.807) is 0 Å². The first-order valence-electron chi connectivity index (χ1n) is 7.67. The van der Waals surface area contributed by atoms with Crippen molar-refractivity contribution in [1.82, 2.24) is 0 Å². The Balaban J connectivity index is 2.08. The zero-order valence-corrected chi connectivity index (χ0v) is 14.6. The van der Waals surface area contributed by atoms with Crippen molar-refractivity contribution in [2.24, 2.45) is 0 Å². The average Bonchev–Trinajstić information content (AvgIpc) is 2.51. The molecule has 122 valence electrons. The van der Waals surface area contributed by atoms with Crippen LogP contribution in [-0.2, 0) is 25.5 Å². The first-order chi connectivity index (χ1) is 10.6. The van der Waals surface area contributed by atoms with Crippen molar-refractivity contribution in [1.29, 1.82) is 0 Å². The van der Waals surface area contributed by atoms with Gasteiger partial charge >= 0.3 is 11.9 Å². The third-order valence-corrected chi connectivity index (χ3v) is 3.64. The van der Waals surface area contributed by atoms with E-state index in [4.69, 9.17) is 9.47 Å². The summed E-state index contributed by atoms with van der Waals surface area (Å²) in [5.74, 6) is -0.691. The Morgan fingerprint density at radius 2 is 1.55 bits per heavy atom. The second-order valence-corrected chi connectivity index (χ2v) is 5.94. The van der Waals surface area contributed by atoms with Crippen molar-refractivity contribution < 1.29 is 19.1 Å². The Kier molecular flexibility index (Phi) is 9.55. The zero-order chi connectivity index (χ0) is 16.2. The summed E-state index contributed by atoms with van der Waals surface area (Å²) in [6, 6.07) is 7.86. The van der Waals surface area contributed by atoms with Crippen LogP contribution in [-0.4, -0.2) is 25.2 Å². The molecule has 4 nitrogen and oxygen atoms in total. The number of ether oxygens (including phenoxy) is 2.